The quantitative estimate of drug-likeness (QED) is 0.368. The third-order valence-corrected chi connectivity index (χ3v) is 0. The summed E-state index contributed by atoms with van der Waals surface area (Å²) in [5, 5.41) is 0. The van der Waals surface area contributed by atoms with Gasteiger partial charge in [0, 0.05) is 0 Å². The zero-order chi connectivity index (χ0) is 3.58. The standard InChI is InChI=1S/C3H7F.H4Si/c1-3(2)4;/h3H,1-2H3;1H4. The van der Waals surface area contributed by atoms with Crippen LogP contribution < -0.4 is 0 Å². The summed E-state index contributed by atoms with van der Waals surface area (Å²) >= 11 is 0. The Hall–Kier alpha value is 0.147. The molecule has 34 valence electrons. The average molecular weight is 94.2 g/mol. The Bertz CT molecular complexity index is 11.6. The highest BCUT2D eigenvalue weighted by molar-refractivity contribution is 5.75. The number of alkyl halides is 1. The molecule has 0 saturated carbocycles. The molecule has 0 aromatic carbocycles. The van der Waals surface area contributed by atoms with Gasteiger partial charge < -0.3 is 0 Å². The SMILES string of the molecule is CC(C)F.[SiH4]. The smallest absolute Gasteiger partial charge is 0.0945 e. The van der Waals surface area contributed by atoms with Gasteiger partial charge in [0.15, 0.2) is 0 Å². The molecule has 0 spiro atoms. The van der Waals surface area contributed by atoms with Crippen LogP contribution in [0.15, 0.2) is 0 Å². The average Bonchev–Trinajstić information content (AvgIpc) is 0.811. The van der Waals surface area contributed by atoms with E-state index in [2.05, 4.69) is 0 Å². The summed E-state index contributed by atoms with van der Waals surface area (Å²) in [6, 6.07) is 0. The number of halogens is 1. The Morgan fingerprint density at radius 1 is 1.40 bits per heavy atom. The molecule has 0 saturated heterocycles. The van der Waals surface area contributed by atoms with E-state index in [0.29, 0.717) is 0 Å². The summed E-state index contributed by atoms with van der Waals surface area (Å²) in [7, 11) is 0. The van der Waals surface area contributed by atoms with Crippen LogP contribution in [0, 0.1) is 0 Å². The molecule has 0 aliphatic heterocycles. The molecule has 0 atom stereocenters. The molecule has 0 heterocycles. The van der Waals surface area contributed by atoms with Crippen molar-refractivity contribution in [3.63, 3.8) is 0 Å². The van der Waals surface area contributed by atoms with Crippen molar-refractivity contribution in [1.29, 1.82) is 0 Å². The fourth-order valence-corrected chi connectivity index (χ4v) is 0. The van der Waals surface area contributed by atoms with Gasteiger partial charge in [0.2, 0.25) is 0 Å². The van der Waals surface area contributed by atoms with Crippen LogP contribution in [0.4, 0.5) is 4.39 Å². The second-order valence-electron chi connectivity index (χ2n) is 1.01. The molecule has 0 aliphatic rings. The molecule has 0 bridgehead atoms. The molecule has 0 aliphatic carbocycles. The summed E-state index contributed by atoms with van der Waals surface area (Å²) in [4.78, 5) is 0. The van der Waals surface area contributed by atoms with Gasteiger partial charge in [-0.2, -0.15) is 0 Å². The summed E-state index contributed by atoms with van der Waals surface area (Å²) in [5.74, 6) is 0. The molecule has 0 rings (SSSR count). The summed E-state index contributed by atoms with van der Waals surface area (Å²) < 4.78 is 11.0. The van der Waals surface area contributed by atoms with Crippen molar-refractivity contribution >= 4 is 11.0 Å². The van der Waals surface area contributed by atoms with Crippen LogP contribution in [0.25, 0.3) is 0 Å². The molecule has 2 heteroatoms. The largest absolute Gasteiger partial charge is 0.248 e. The fraction of sp³-hybridized carbons (Fsp3) is 1.00. The van der Waals surface area contributed by atoms with Crippen molar-refractivity contribution < 1.29 is 4.39 Å². The molecule has 5 heavy (non-hydrogen) atoms. The van der Waals surface area contributed by atoms with E-state index in [4.69, 9.17) is 0 Å². The van der Waals surface area contributed by atoms with Gasteiger partial charge in [-0.25, -0.2) is 4.39 Å². The van der Waals surface area contributed by atoms with E-state index in [-0.39, 0.29) is 11.0 Å². The van der Waals surface area contributed by atoms with E-state index in [9.17, 15) is 4.39 Å². The highest BCUT2D eigenvalue weighted by Crippen LogP contribution is 1.77. The molecular formula is C3H11FSi. The Labute approximate surface area is 36.4 Å². The van der Waals surface area contributed by atoms with Crippen molar-refractivity contribution in [2.75, 3.05) is 0 Å². The van der Waals surface area contributed by atoms with Gasteiger partial charge in [0.05, 0.1) is 6.17 Å². The van der Waals surface area contributed by atoms with Crippen molar-refractivity contribution in [2.24, 2.45) is 0 Å². The normalized spacial score (nSPS) is 7.20. The molecule has 0 radical (unpaired) electrons. The van der Waals surface area contributed by atoms with Gasteiger partial charge in [-0.15, -0.1) is 0 Å². The number of hydrogen-bond acceptors (Lipinski definition) is 0. The van der Waals surface area contributed by atoms with E-state index < -0.39 is 6.17 Å². The van der Waals surface area contributed by atoms with E-state index >= 15 is 0 Å². The minimum Gasteiger partial charge on any atom is -0.248 e. The molecule has 0 N–H and O–H groups in total. The second-order valence-corrected chi connectivity index (χ2v) is 1.01. The predicted octanol–water partition coefficient (Wildman–Crippen LogP) is -0.0873. The van der Waals surface area contributed by atoms with E-state index in [0.717, 1.165) is 0 Å². The lowest BCUT2D eigenvalue weighted by Gasteiger charge is -1.74. The van der Waals surface area contributed by atoms with Crippen molar-refractivity contribution in [3.8, 4) is 0 Å². The van der Waals surface area contributed by atoms with Crippen molar-refractivity contribution in [2.45, 2.75) is 20.0 Å². The topological polar surface area (TPSA) is 0 Å². The van der Waals surface area contributed by atoms with Crippen LogP contribution in [-0.2, 0) is 0 Å². The number of rotatable bonds is 0. The first kappa shape index (κ1) is 8.94. The second kappa shape index (κ2) is 4.15. The lowest BCUT2D eigenvalue weighted by Crippen LogP contribution is -1.73. The van der Waals surface area contributed by atoms with Crippen molar-refractivity contribution in [3.05, 3.63) is 0 Å². The Morgan fingerprint density at radius 2 is 1.40 bits per heavy atom. The first-order chi connectivity index (χ1) is 1.73. The van der Waals surface area contributed by atoms with Crippen LogP contribution >= 0.6 is 0 Å². The van der Waals surface area contributed by atoms with E-state index in [1.165, 1.54) is 13.8 Å². The molecule has 0 nitrogen and oxygen atoms in total. The van der Waals surface area contributed by atoms with Crippen molar-refractivity contribution in [1.82, 2.24) is 0 Å². The first-order valence-corrected chi connectivity index (χ1v) is 1.37. The van der Waals surface area contributed by atoms with Crippen LogP contribution in [0.5, 0.6) is 0 Å². The zero-order valence-corrected chi connectivity index (χ0v) is 2.96. The molecular weight excluding hydrogens is 83.1 g/mol. The first-order valence-electron chi connectivity index (χ1n) is 1.37. The molecule has 0 amide bonds. The van der Waals surface area contributed by atoms with Crippen LogP contribution in [0.3, 0.4) is 0 Å². The van der Waals surface area contributed by atoms with Gasteiger partial charge in [0.25, 0.3) is 0 Å². The zero-order valence-electron chi connectivity index (χ0n) is 2.96. The monoisotopic (exact) mass is 94.1 g/mol. The van der Waals surface area contributed by atoms with E-state index in [1.807, 2.05) is 0 Å². The molecule has 0 aromatic heterocycles. The predicted molar refractivity (Wildman–Crippen MR) is 27.6 cm³/mol. The third-order valence-electron chi connectivity index (χ3n) is 0. The van der Waals surface area contributed by atoms with Gasteiger partial charge >= 0.3 is 0 Å². The van der Waals surface area contributed by atoms with Crippen LogP contribution in [0.2, 0.25) is 0 Å². The van der Waals surface area contributed by atoms with Gasteiger partial charge in [-0.3, -0.25) is 0 Å². The fourth-order valence-electron chi connectivity index (χ4n) is 0. The lowest BCUT2D eigenvalue weighted by molar-refractivity contribution is 0.391. The van der Waals surface area contributed by atoms with E-state index in [1.54, 1.807) is 0 Å². The third kappa shape index (κ3) is 886. The highest BCUT2D eigenvalue weighted by atomic mass is 28.1. The lowest BCUT2D eigenvalue weighted by atomic mass is 10.5. The van der Waals surface area contributed by atoms with Gasteiger partial charge in [0.1, 0.15) is 0 Å². The maximum Gasteiger partial charge on any atom is 0.0945 e. The Kier molecular flexibility index (Phi) is 7.41. The van der Waals surface area contributed by atoms with Crippen LogP contribution in [-0.4, -0.2) is 17.1 Å². The maximum atomic E-state index is 11.0. The molecule has 0 aromatic rings. The molecule has 0 unspecified atom stereocenters. The minimum atomic E-state index is -0.667. The molecule has 0 fully saturated rings. The highest BCUT2D eigenvalue weighted by Gasteiger charge is 1.73. The summed E-state index contributed by atoms with van der Waals surface area (Å²) in [6.45, 7) is 3.00. The summed E-state index contributed by atoms with van der Waals surface area (Å²) in [6.07, 6.45) is -0.667. The van der Waals surface area contributed by atoms with Crippen LogP contribution in [0.1, 0.15) is 13.8 Å². The summed E-state index contributed by atoms with van der Waals surface area (Å²) in [5.41, 5.74) is 0. The number of hydrogen-bond donors (Lipinski definition) is 0. The Morgan fingerprint density at radius 3 is 1.40 bits per heavy atom. The maximum absolute atomic E-state index is 11.0. The van der Waals surface area contributed by atoms with Gasteiger partial charge in [-0.1, -0.05) is 0 Å². The minimum absolute atomic E-state index is 0. The van der Waals surface area contributed by atoms with Gasteiger partial charge in [-0.05, 0) is 24.8 Å². The Balaban J connectivity index is 0.